The lowest BCUT2D eigenvalue weighted by atomic mass is 10.1. The van der Waals surface area contributed by atoms with Gasteiger partial charge in [-0.25, -0.2) is 19.3 Å². The third kappa shape index (κ3) is 2.88. The van der Waals surface area contributed by atoms with Crippen LogP contribution >= 0.6 is 23.4 Å². The van der Waals surface area contributed by atoms with E-state index in [9.17, 15) is 4.39 Å². The maximum atomic E-state index is 14.7. The van der Waals surface area contributed by atoms with Gasteiger partial charge in [-0.2, -0.15) is 0 Å². The summed E-state index contributed by atoms with van der Waals surface area (Å²) in [5.74, 6) is 0.948. The lowest BCUT2D eigenvalue weighted by molar-refractivity contribution is 0.142. The highest BCUT2D eigenvalue weighted by molar-refractivity contribution is 7.99. The molecule has 0 aromatic carbocycles. The average molecular weight is 381 g/mol. The zero-order valence-electron chi connectivity index (χ0n) is 14.1. The molecule has 0 saturated carbocycles. The fourth-order valence-corrected chi connectivity index (χ4v) is 4.10. The van der Waals surface area contributed by atoms with E-state index in [4.69, 9.17) is 21.3 Å². The number of anilines is 1. The summed E-state index contributed by atoms with van der Waals surface area (Å²) in [6.07, 6.45) is 3.00. The highest BCUT2D eigenvalue weighted by atomic mass is 35.5. The molecule has 0 unspecified atom stereocenters. The number of ether oxygens (including phenoxy) is 1. The normalized spacial score (nSPS) is 20.1. The van der Waals surface area contributed by atoms with Crippen molar-refractivity contribution in [3.05, 3.63) is 22.7 Å². The smallest absolute Gasteiger partial charge is 0.190 e. The Bertz CT molecular complexity index is 876. The van der Waals surface area contributed by atoms with Gasteiger partial charge >= 0.3 is 0 Å². The minimum Gasteiger partial charge on any atom is -0.379 e. The predicted molar refractivity (Wildman–Crippen MR) is 98.9 cm³/mol. The molecule has 8 heteroatoms. The summed E-state index contributed by atoms with van der Waals surface area (Å²) >= 11 is 7.55. The SMILES string of the molecule is CCSc1nc2c3c(nc(Cl)c(F)c3n1)C(C)=C[C@@H]1COCCCN21. The summed E-state index contributed by atoms with van der Waals surface area (Å²) < 4.78 is 20.5. The van der Waals surface area contributed by atoms with Crippen molar-refractivity contribution in [1.82, 2.24) is 15.0 Å². The monoisotopic (exact) mass is 380 g/mol. The van der Waals surface area contributed by atoms with Crippen molar-refractivity contribution in [1.29, 1.82) is 0 Å². The predicted octanol–water partition coefficient (Wildman–Crippen LogP) is 3.94. The second kappa shape index (κ2) is 6.70. The Morgan fingerprint density at radius 1 is 1.40 bits per heavy atom. The third-order valence-corrected chi connectivity index (χ3v) is 5.42. The van der Waals surface area contributed by atoms with Crippen LogP contribution in [-0.4, -0.2) is 46.5 Å². The molecular weight excluding hydrogens is 363 g/mol. The van der Waals surface area contributed by atoms with Gasteiger partial charge in [0, 0.05) is 13.2 Å². The first-order chi connectivity index (χ1) is 12.1. The van der Waals surface area contributed by atoms with Gasteiger partial charge in [0.1, 0.15) is 11.3 Å². The van der Waals surface area contributed by atoms with Crippen LogP contribution in [0.15, 0.2) is 11.2 Å². The molecule has 0 aliphatic carbocycles. The molecule has 2 aromatic heterocycles. The minimum atomic E-state index is -0.584. The number of aromatic nitrogens is 3. The van der Waals surface area contributed by atoms with E-state index in [0.29, 0.717) is 29.5 Å². The van der Waals surface area contributed by atoms with Crippen molar-refractivity contribution in [3.8, 4) is 0 Å². The molecule has 4 rings (SSSR count). The Morgan fingerprint density at radius 2 is 2.24 bits per heavy atom. The van der Waals surface area contributed by atoms with Gasteiger partial charge in [0.25, 0.3) is 0 Å². The number of allylic oxidation sites excluding steroid dienone is 1. The van der Waals surface area contributed by atoms with Crippen molar-refractivity contribution >= 4 is 45.7 Å². The Kier molecular flexibility index (Phi) is 4.56. The number of hydrogen-bond acceptors (Lipinski definition) is 6. The second-order valence-electron chi connectivity index (χ2n) is 6.09. The summed E-state index contributed by atoms with van der Waals surface area (Å²) in [6.45, 7) is 6.06. The van der Waals surface area contributed by atoms with E-state index in [1.807, 2.05) is 13.8 Å². The quantitative estimate of drug-likeness (QED) is 0.447. The number of nitrogens with zero attached hydrogens (tertiary/aromatic N) is 4. The lowest BCUT2D eigenvalue weighted by Crippen LogP contribution is -2.36. The van der Waals surface area contributed by atoms with Crippen molar-refractivity contribution in [2.75, 3.05) is 30.4 Å². The van der Waals surface area contributed by atoms with Crippen LogP contribution in [0.1, 0.15) is 26.0 Å². The van der Waals surface area contributed by atoms with Gasteiger partial charge in [-0.15, -0.1) is 0 Å². The van der Waals surface area contributed by atoms with Crippen LogP contribution in [0.5, 0.6) is 0 Å². The van der Waals surface area contributed by atoms with Crippen LogP contribution in [-0.2, 0) is 4.74 Å². The zero-order valence-corrected chi connectivity index (χ0v) is 15.6. The number of fused-ring (bicyclic) bond motifs is 2. The topological polar surface area (TPSA) is 51.1 Å². The fraction of sp³-hybridized carbons (Fsp3) is 0.471. The largest absolute Gasteiger partial charge is 0.379 e. The molecule has 0 radical (unpaired) electrons. The molecular formula is C17H18ClFN4OS. The van der Waals surface area contributed by atoms with Gasteiger partial charge in [0.05, 0.1) is 23.7 Å². The molecule has 25 heavy (non-hydrogen) atoms. The first-order valence-corrected chi connectivity index (χ1v) is 9.69. The van der Waals surface area contributed by atoms with Crippen molar-refractivity contribution in [2.45, 2.75) is 31.5 Å². The van der Waals surface area contributed by atoms with Crippen LogP contribution in [0, 0.1) is 5.82 Å². The number of hydrogen-bond donors (Lipinski definition) is 0. The third-order valence-electron chi connectivity index (χ3n) is 4.44. The first-order valence-electron chi connectivity index (χ1n) is 8.33. The van der Waals surface area contributed by atoms with Gasteiger partial charge in [-0.05, 0) is 24.7 Å². The van der Waals surface area contributed by atoms with Crippen LogP contribution in [0.25, 0.3) is 16.5 Å². The Labute approximate surface area is 154 Å². The molecule has 1 atom stereocenters. The lowest BCUT2D eigenvalue weighted by Gasteiger charge is -2.28. The van der Waals surface area contributed by atoms with E-state index in [-0.39, 0.29) is 16.7 Å². The molecule has 1 fully saturated rings. The minimum absolute atomic E-state index is 0.0381. The Hall–Kier alpha value is -1.44. The first kappa shape index (κ1) is 17.0. The Morgan fingerprint density at radius 3 is 3.04 bits per heavy atom. The average Bonchev–Trinajstić information content (AvgIpc) is 2.87. The molecule has 2 aromatic rings. The second-order valence-corrected chi connectivity index (χ2v) is 7.68. The van der Waals surface area contributed by atoms with Crippen LogP contribution in [0.4, 0.5) is 10.2 Å². The summed E-state index contributed by atoms with van der Waals surface area (Å²) in [5, 5.41) is 1.04. The number of pyridine rings is 1. The summed E-state index contributed by atoms with van der Waals surface area (Å²) in [7, 11) is 0. The van der Waals surface area contributed by atoms with Crippen LogP contribution < -0.4 is 4.90 Å². The molecule has 5 nitrogen and oxygen atoms in total. The van der Waals surface area contributed by atoms with Crippen molar-refractivity contribution in [2.24, 2.45) is 0 Å². The van der Waals surface area contributed by atoms with E-state index in [1.165, 1.54) is 11.8 Å². The standard InChI is InChI=1S/C17H18ClFN4OS/c1-3-25-17-21-14-11-13(20-15(18)12(14)19)9(2)7-10-8-24-6-4-5-23(10)16(11)22-17/h7,10H,3-6,8H2,1-2H3/t10-/m1/s1. The van der Waals surface area contributed by atoms with Gasteiger partial charge < -0.3 is 9.64 Å². The molecule has 2 aliphatic heterocycles. The zero-order chi connectivity index (χ0) is 17.6. The molecule has 0 spiro atoms. The maximum Gasteiger partial charge on any atom is 0.190 e. The molecule has 2 aliphatic rings. The number of rotatable bonds is 2. The Balaban J connectivity index is 2.07. The molecule has 132 valence electrons. The van der Waals surface area contributed by atoms with E-state index >= 15 is 0 Å². The number of halogens is 2. The van der Waals surface area contributed by atoms with E-state index in [2.05, 4.69) is 20.9 Å². The number of thioether (sulfide) groups is 1. The van der Waals surface area contributed by atoms with Gasteiger partial charge in [0.2, 0.25) is 0 Å². The van der Waals surface area contributed by atoms with Gasteiger partial charge in [0.15, 0.2) is 16.1 Å². The molecule has 0 bridgehead atoms. The maximum absolute atomic E-state index is 14.7. The van der Waals surface area contributed by atoms with E-state index in [0.717, 1.165) is 30.1 Å². The summed E-state index contributed by atoms with van der Waals surface area (Å²) in [5.41, 5.74) is 1.83. The molecule has 4 heterocycles. The van der Waals surface area contributed by atoms with Crippen molar-refractivity contribution < 1.29 is 9.13 Å². The van der Waals surface area contributed by atoms with Gasteiger partial charge in [-0.3, -0.25) is 0 Å². The van der Waals surface area contributed by atoms with Crippen LogP contribution in [0.3, 0.4) is 0 Å². The highest BCUT2D eigenvalue weighted by Crippen LogP contribution is 2.39. The van der Waals surface area contributed by atoms with Crippen molar-refractivity contribution in [3.63, 3.8) is 0 Å². The molecule has 0 amide bonds. The van der Waals surface area contributed by atoms with Crippen LogP contribution in [0.2, 0.25) is 5.15 Å². The fourth-order valence-electron chi connectivity index (χ4n) is 3.36. The van der Waals surface area contributed by atoms with Gasteiger partial charge in [-0.1, -0.05) is 36.4 Å². The summed E-state index contributed by atoms with van der Waals surface area (Å²) in [4.78, 5) is 15.7. The molecule has 0 N–H and O–H groups in total. The highest BCUT2D eigenvalue weighted by Gasteiger charge is 2.30. The van der Waals surface area contributed by atoms with E-state index < -0.39 is 5.82 Å². The molecule has 1 saturated heterocycles. The van der Waals surface area contributed by atoms with E-state index in [1.54, 1.807) is 0 Å². The summed E-state index contributed by atoms with van der Waals surface area (Å²) in [6, 6.07) is 0.0381.